The summed E-state index contributed by atoms with van der Waals surface area (Å²) in [5, 5.41) is 13.6. The first-order chi connectivity index (χ1) is 11.6. The molecule has 0 radical (unpaired) electrons. The molecule has 132 valence electrons. The number of piperidine rings is 1. The largest absolute Gasteiger partial charge is 0.388 e. The first-order valence-electron chi connectivity index (χ1n) is 9.05. The number of nitrogens with one attached hydrogen (secondary N) is 1. The highest BCUT2D eigenvalue weighted by Crippen LogP contribution is 2.30. The molecule has 2 heterocycles. The van der Waals surface area contributed by atoms with E-state index in [9.17, 15) is 9.90 Å². The van der Waals surface area contributed by atoms with Gasteiger partial charge < -0.3 is 20.1 Å². The fourth-order valence-corrected chi connectivity index (χ4v) is 3.72. The zero-order valence-electron chi connectivity index (χ0n) is 14.4. The molecule has 2 saturated heterocycles. The number of hydrogen-bond acceptors (Lipinski definition) is 3. The minimum Gasteiger partial charge on any atom is -0.388 e. The Morgan fingerprint density at radius 2 is 1.96 bits per heavy atom. The number of aliphatic hydroxyl groups excluding tert-OH is 1. The smallest absolute Gasteiger partial charge is 0.317 e. The second kappa shape index (κ2) is 7.99. The maximum absolute atomic E-state index is 12.4. The van der Waals surface area contributed by atoms with Crippen LogP contribution >= 0.6 is 0 Å². The number of carbonyl (C=O) groups excluding carboxylic acids is 1. The molecule has 2 fully saturated rings. The van der Waals surface area contributed by atoms with Crippen LogP contribution in [-0.4, -0.2) is 47.9 Å². The molecule has 1 aromatic carbocycles. The van der Waals surface area contributed by atoms with E-state index in [1.54, 1.807) is 0 Å². The first-order valence-corrected chi connectivity index (χ1v) is 9.05. The van der Waals surface area contributed by atoms with Crippen LogP contribution < -0.4 is 5.32 Å². The Morgan fingerprint density at radius 3 is 2.58 bits per heavy atom. The van der Waals surface area contributed by atoms with E-state index in [4.69, 9.17) is 4.74 Å². The second-order valence-corrected chi connectivity index (χ2v) is 6.97. The van der Waals surface area contributed by atoms with Crippen LogP contribution in [0.15, 0.2) is 30.3 Å². The lowest BCUT2D eigenvalue weighted by molar-refractivity contribution is 0.0616. The normalized spacial score (nSPS) is 24.6. The van der Waals surface area contributed by atoms with Gasteiger partial charge in [0.05, 0.1) is 18.2 Å². The van der Waals surface area contributed by atoms with Gasteiger partial charge in [0.2, 0.25) is 0 Å². The van der Waals surface area contributed by atoms with Crippen molar-refractivity contribution in [3.63, 3.8) is 0 Å². The van der Waals surface area contributed by atoms with Crippen LogP contribution in [0, 0.1) is 5.92 Å². The van der Waals surface area contributed by atoms with E-state index in [1.165, 1.54) is 0 Å². The number of carbonyl (C=O) groups is 1. The van der Waals surface area contributed by atoms with Crippen molar-refractivity contribution in [2.75, 3.05) is 19.7 Å². The minimum absolute atomic E-state index is 0.00866. The number of urea groups is 1. The van der Waals surface area contributed by atoms with E-state index in [0.717, 1.165) is 37.9 Å². The molecule has 2 amide bonds. The number of likely N-dealkylation sites (tertiary alicyclic amines) is 1. The van der Waals surface area contributed by atoms with Gasteiger partial charge in [0.1, 0.15) is 0 Å². The molecule has 24 heavy (non-hydrogen) atoms. The van der Waals surface area contributed by atoms with Crippen LogP contribution in [0.5, 0.6) is 0 Å². The summed E-state index contributed by atoms with van der Waals surface area (Å²) >= 11 is 0. The first kappa shape index (κ1) is 17.2. The molecule has 3 unspecified atom stereocenters. The van der Waals surface area contributed by atoms with Crippen LogP contribution in [0.3, 0.4) is 0 Å². The summed E-state index contributed by atoms with van der Waals surface area (Å²) in [4.78, 5) is 14.3. The van der Waals surface area contributed by atoms with Crippen molar-refractivity contribution in [1.29, 1.82) is 0 Å². The Bertz CT molecular complexity index is 523. The minimum atomic E-state index is -0.442. The topological polar surface area (TPSA) is 61.8 Å². The zero-order valence-corrected chi connectivity index (χ0v) is 14.4. The Labute approximate surface area is 144 Å². The average Bonchev–Trinajstić information content (AvgIpc) is 3.17. The van der Waals surface area contributed by atoms with Crippen molar-refractivity contribution in [3.8, 4) is 0 Å². The van der Waals surface area contributed by atoms with Crippen LogP contribution in [-0.2, 0) is 4.74 Å². The van der Waals surface area contributed by atoms with Gasteiger partial charge in [-0.3, -0.25) is 0 Å². The molecule has 0 aromatic heterocycles. The van der Waals surface area contributed by atoms with Gasteiger partial charge in [0, 0.05) is 19.7 Å². The molecule has 0 saturated carbocycles. The lowest BCUT2D eigenvalue weighted by atomic mass is 9.87. The second-order valence-electron chi connectivity index (χ2n) is 6.97. The zero-order chi connectivity index (χ0) is 16.9. The van der Waals surface area contributed by atoms with Gasteiger partial charge in [0.15, 0.2) is 0 Å². The number of hydrogen-bond donors (Lipinski definition) is 2. The summed E-state index contributed by atoms with van der Waals surface area (Å²) in [6.45, 7) is 4.20. The summed E-state index contributed by atoms with van der Waals surface area (Å²) < 4.78 is 5.63. The van der Waals surface area contributed by atoms with Crippen LogP contribution in [0.1, 0.15) is 44.3 Å². The predicted molar refractivity (Wildman–Crippen MR) is 92.7 cm³/mol. The van der Waals surface area contributed by atoms with E-state index < -0.39 is 6.10 Å². The van der Waals surface area contributed by atoms with Crippen molar-refractivity contribution < 1.29 is 14.6 Å². The summed E-state index contributed by atoms with van der Waals surface area (Å²) in [6.07, 6.45) is 3.46. The molecule has 5 heteroatoms. The van der Waals surface area contributed by atoms with Crippen molar-refractivity contribution in [2.45, 2.75) is 50.9 Å². The van der Waals surface area contributed by atoms with Gasteiger partial charge in [0.25, 0.3) is 0 Å². The quantitative estimate of drug-likeness (QED) is 0.891. The lowest BCUT2D eigenvalue weighted by Crippen LogP contribution is -2.50. The molecule has 0 spiro atoms. The summed E-state index contributed by atoms with van der Waals surface area (Å²) in [5.41, 5.74) is 0.965. The number of ether oxygens (including phenoxy) is 1. The SMILES string of the molecule is CC(NC(=O)N1CCC(C(O)c2ccccc2)CC1)C1CCCO1. The average molecular weight is 332 g/mol. The third kappa shape index (κ3) is 4.08. The lowest BCUT2D eigenvalue weighted by Gasteiger charge is -2.35. The number of aliphatic hydroxyl groups is 1. The maximum Gasteiger partial charge on any atom is 0.317 e. The molecule has 0 aliphatic carbocycles. The third-order valence-electron chi connectivity index (χ3n) is 5.29. The molecule has 3 rings (SSSR count). The highest BCUT2D eigenvalue weighted by molar-refractivity contribution is 5.74. The molecule has 1 aromatic rings. The van der Waals surface area contributed by atoms with Crippen LogP contribution in [0.25, 0.3) is 0 Å². The van der Waals surface area contributed by atoms with Gasteiger partial charge in [-0.2, -0.15) is 0 Å². The van der Waals surface area contributed by atoms with Crippen molar-refractivity contribution in [3.05, 3.63) is 35.9 Å². The Balaban J connectivity index is 1.46. The summed E-state index contributed by atoms with van der Waals surface area (Å²) in [5.74, 6) is 0.215. The Hall–Kier alpha value is -1.59. The Morgan fingerprint density at radius 1 is 1.25 bits per heavy atom. The molecular weight excluding hydrogens is 304 g/mol. The molecule has 2 N–H and O–H groups in total. The summed E-state index contributed by atoms with van der Waals surface area (Å²) in [7, 11) is 0. The van der Waals surface area contributed by atoms with Crippen molar-refractivity contribution in [1.82, 2.24) is 10.2 Å². The predicted octanol–water partition coefficient (Wildman–Crippen LogP) is 2.71. The summed E-state index contributed by atoms with van der Waals surface area (Å²) in [6, 6.07) is 9.83. The van der Waals surface area contributed by atoms with E-state index in [2.05, 4.69) is 5.32 Å². The molecule has 2 aliphatic heterocycles. The van der Waals surface area contributed by atoms with Gasteiger partial charge in [-0.25, -0.2) is 4.79 Å². The van der Waals surface area contributed by atoms with Gasteiger partial charge in [-0.15, -0.1) is 0 Å². The number of rotatable bonds is 4. The Kier molecular flexibility index (Phi) is 5.74. The molecule has 0 bridgehead atoms. The fraction of sp³-hybridized carbons (Fsp3) is 0.632. The van der Waals surface area contributed by atoms with Gasteiger partial charge >= 0.3 is 6.03 Å². The standard InChI is InChI=1S/C19H28N2O3/c1-14(17-8-5-13-24-17)20-19(23)21-11-9-16(10-12-21)18(22)15-6-3-2-4-7-15/h2-4,6-7,14,16-18,22H,5,8-13H2,1H3,(H,20,23). The fourth-order valence-electron chi connectivity index (χ4n) is 3.72. The molecule has 3 atom stereocenters. The number of benzene rings is 1. The van der Waals surface area contributed by atoms with Crippen molar-refractivity contribution in [2.24, 2.45) is 5.92 Å². The number of nitrogens with zero attached hydrogens (tertiary/aromatic N) is 1. The third-order valence-corrected chi connectivity index (χ3v) is 5.29. The van der Waals surface area contributed by atoms with Gasteiger partial charge in [-0.1, -0.05) is 30.3 Å². The van der Waals surface area contributed by atoms with E-state index in [1.807, 2.05) is 42.2 Å². The highest BCUT2D eigenvalue weighted by Gasteiger charge is 2.30. The highest BCUT2D eigenvalue weighted by atomic mass is 16.5. The molecule has 2 aliphatic rings. The monoisotopic (exact) mass is 332 g/mol. The maximum atomic E-state index is 12.4. The van der Waals surface area contributed by atoms with E-state index in [0.29, 0.717) is 13.1 Å². The molecule has 5 nitrogen and oxygen atoms in total. The van der Waals surface area contributed by atoms with Crippen molar-refractivity contribution >= 4 is 6.03 Å². The van der Waals surface area contributed by atoms with Gasteiger partial charge in [-0.05, 0) is 44.1 Å². The van der Waals surface area contributed by atoms with Crippen LogP contribution in [0.4, 0.5) is 4.79 Å². The van der Waals surface area contributed by atoms with E-state index in [-0.39, 0.29) is 24.1 Å². The molecular formula is C19H28N2O3. The number of amides is 2. The van der Waals surface area contributed by atoms with Crippen LogP contribution in [0.2, 0.25) is 0 Å². The van der Waals surface area contributed by atoms with E-state index >= 15 is 0 Å².